The minimum atomic E-state index is -0.463. The Labute approximate surface area is 153 Å². The normalized spacial score (nSPS) is 11.8. The second-order valence-electron chi connectivity index (χ2n) is 5.94. The molecule has 132 valence electrons. The van der Waals surface area contributed by atoms with Gasteiger partial charge in [0, 0.05) is 18.3 Å². The van der Waals surface area contributed by atoms with Crippen molar-refractivity contribution < 1.29 is 4.79 Å². The first kappa shape index (κ1) is 19.0. The van der Waals surface area contributed by atoms with Gasteiger partial charge in [-0.3, -0.25) is 4.79 Å². The van der Waals surface area contributed by atoms with Gasteiger partial charge in [-0.15, -0.1) is 12.4 Å². The van der Waals surface area contributed by atoms with E-state index in [1.165, 1.54) is 0 Å². The molecule has 3 aromatic rings. The molecule has 0 saturated heterocycles. The molecule has 1 heterocycles. The Balaban J connectivity index is 0.00000225. The van der Waals surface area contributed by atoms with E-state index in [0.29, 0.717) is 6.42 Å². The highest BCUT2D eigenvalue weighted by Crippen LogP contribution is 2.24. The third kappa shape index (κ3) is 4.00. The maximum atomic E-state index is 12.0. The maximum absolute atomic E-state index is 12.0. The second-order valence-corrected chi connectivity index (χ2v) is 5.94. The van der Waals surface area contributed by atoms with Gasteiger partial charge in [0.25, 0.3) is 0 Å². The van der Waals surface area contributed by atoms with Crippen molar-refractivity contribution in [2.75, 3.05) is 5.32 Å². The summed E-state index contributed by atoms with van der Waals surface area (Å²) in [6.07, 6.45) is 1.57. The fourth-order valence-corrected chi connectivity index (χ4v) is 2.78. The summed E-state index contributed by atoms with van der Waals surface area (Å²) in [5.41, 5.74) is 9.65. The van der Waals surface area contributed by atoms with Crippen molar-refractivity contribution in [3.63, 3.8) is 0 Å². The summed E-state index contributed by atoms with van der Waals surface area (Å²) in [4.78, 5) is 16.7. The average molecular weight is 359 g/mol. The van der Waals surface area contributed by atoms with Gasteiger partial charge >= 0.3 is 0 Å². The number of nitrogens with one attached hydrogen (secondary N) is 1. The lowest BCUT2D eigenvalue weighted by atomic mass is 10.1. The highest BCUT2D eigenvalue weighted by atomic mass is 35.5. The van der Waals surface area contributed by atoms with Gasteiger partial charge in [-0.25, -0.2) is 4.98 Å². The standard InChI is InChI=1S/C19H22N4O.ClH/c1-3-6-15(20)19(24)21-14-11-9-13(10-12-14)18-22-16-7-4-5-8-17(16)23(18)2;/h4-5,7-12,15H,3,6,20H2,1-2H3,(H,21,24);1H. The molecule has 1 unspecified atom stereocenters. The number of carbonyl (C=O) groups excluding carboxylic acids is 1. The number of halogens is 1. The first-order valence-corrected chi connectivity index (χ1v) is 8.18. The lowest BCUT2D eigenvalue weighted by Crippen LogP contribution is -2.35. The highest BCUT2D eigenvalue weighted by molar-refractivity contribution is 5.94. The van der Waals surface area contributed by atoms with Crippen LogP contribution in [0.1, 0.15) is 19.8 Å². The number of rotatable bonds is 5. The molecule has 1 amide bonds. The van der Waals surface area contributed by atoms with E-state index in [9.17, 15) is 4.79 Å². The van der Waals surface area contributed by atoms with Gasteiger partial charge in [0.2, 0.25) is 5.91 Å². The van der Waals surface area contributed by atoms with Crippen LogP contribution in [-0.2, 0) is 11.8 Å². The summed E-state index contributed by atoms with van der Waals surface area (Å²) in [5, 5.41) is 2.86. The Hall–Kier alpha value is -2.37. The van der Waals surface area contributed by atoms with Gasteiger partial charge in [-0.1, -0.05) is 25.5 Å². The number of nitrogens with two attached hydrogens (primary N) is 1. The molecule has 0 saturated carbocycles. The van der Waals surface area contributed by atoms with Crippen molar-refractivity contribution in [2.24, 2.45) is 12.8 Å². The minimum absolute atomic E-state index is 0. The van der Waals surface area contributed by atoms with Gasteiger partial charge < -0.3 is 15.6 Å². The number of hydrogen-bond acceptors (Lipinski definition) is 3. The smallest absolute Gasteiger partial charge is 0.241 e. The third-order valence-electron chi connectivity index (χ3n) is 4.13. The summed E-state index contributed by atoms with van der Waals surface area (Å²) in [6, 6.07) is 15.3. The zero-order valence-corrected chi connectivity index (χ0v) is 15.2. The molecule has 5 nitrogen and oxygen atoms in total. The van der Waals surface area contributed by atoms with E-state index in [-0.39, 0.29) is 18.3 Å². The molecule has 0 bridgehead atoms. The van der Waals surface area contributed by atoms with Crippen LogP contribution < -0.4 is 11.1 Å². The Kier molecular flexibility index (Phi) is 6.17. The molecule has 0 aliphatic carbocycles. The number of anilines is 1. The van der Waals surface area contributed by atoms with Gasteiger partial charge in [-0.05, 0) is 42.8 Å². The summed E-state index contributed by atoms with van der Waals surface area (Å²) in [7, 11) is 2.00. The van der Waals surface area contributed by atoms with E-state index >= 15 is 0 Å². The fraction of sp³-hybridized carbons (Fsp3) is 0.263. The highest BCUT2D eigenvalue weighted by Gasteiger charge is 2.13. The van der Waals surface area contributed by atoms with Crippen molar-refractivity contribution in [3.8, 4) is 11.4 Å². The van der Waals surface area contributed by atoms with E-state index < -0.39 is 6.04 Å². The van der Waals surface area contributed by atoms with Gasteiger partial charge in [0.05, 0.1) is 17.1 Å². The molecular weight excluding hydrogens is 336 g/mol. The second kappa shape index (κ2) is 8.14. The van der Waals surface area contributed by atoms with Crippen molar-refractivity contribution >= 4 is 35.0 Å². The molecule has 0 fully saturated rings. The largest absolute Gasteiger partial charge is 0.327 e. The molecule has 1 atom stereocenters. The fourth-order valence-electron chi connectivity index (χ4n) is 2.78. The van der Waals surface area contributed by atoms with Crippen molar-refractivity contribution in [2.45, 2.75) is 25.8 Å². The zero-order chi connectivity index (χ0) is 17.1. The molecule has 2 aromatic carbocycles. The van der Waals surface area contributed by atoms with Crippen LogP contribution in [0, 0.1) is 0 Å². The summed E-state index contributed by atoms with van der Waals surface area (Å²) >= 11 is 0. The first-order valence-electron chi connectivity index (χ1n) is 8.18. The van der Waals surface area contributed by atoms with Crippen LogP contribution in [0.5, 0.6) is 0 Å². The summed E-state index contributed by atoms with van der Waals surface area (Å²) < 4.78 is 2.07. The molecule has 6 heteroatoms. The van der Waals surface area contributed by atoms with Crippen LogP contribution in [0.25, 0.3) is 22.4 Å². The number of imidazole rings is 1. The Morgan fingerprint density at radius 1 is 1.20 bits per heavy atom. The van der Waals surface area contributed by atoms with Crippen LogP contribution in [0.2, 0.25) is 0 Å². The number of aryl methyl sites for hydroxylation is 1. The lowest BCUT2D eigenvalue weighted by Gasteiger charge is -2.11. The predicted molar refractivity (Wildman–Crippen MR) is 105 cm³/mol. The molecule has 1 aromatic heterocycles. The molecule has 0 radical (unpaired) electrons. The number of benzene rings is 2. The number of fused-ring (bicyclic) bond motifs is 1. The molecule has 0 aliphatic heterocycles. The summed E-state index contributed by atoms with van der Waals surface area (Å²) in [5.74, 6) is 0.754. The average Bonchev–Trinajstić information content (AvgIpc) is 2.93. The van der Waals surface area contributed by atoms with E-state index in [2.05, 4.69) is 20.9 Å². The number of para-hydroxylation sites is 2. The van der Waals surface area contributed by atoms with E-state index in [1.807, 2.05) is 56.4 Å². The Morgan fingerprint density at radius 2 is 1.88 bits per heavy atom. The monoisotopic (exact) mass is 358 g/mol. The quantitative estimate of drug-likeness (QED) is 0.729. The van der Waals surface area contributed by atoms with E-state index in [4.69, 9.17) is 5.73 Å². The van der Waals surface area contributed by atoms with Crippen LogP contribution >= 0.6 is 12.4 Å². The lowest BCUT2D eigenvalue weighted by molar-refractivity contribution is -0.117. The Morgan fingerprint density at radius 3 is 2.52 bits per heavy atom. The molecule has 0 aliphatic rings. The SMILES string of the molecule is CCCC(N)C(=O)Nc1ccc(-c2nc3ccccc3n2C)cc1.Cl. The molecule has 0 spiro atoms. The van der Waals surface area contributed by atoms with Crippen LogP contribution in [0.3, 0.4) is 0 Å². The maximum Gasteiger partial charge on any atom is 0.241 e. The van der Waals surface area contributed by atoms with Crippen molar-refractivity contribution in [1.29, 1.82) is 0 Å². The van der Waals surface area contributed by atoms with Crippen molar-refractivity contribution in [1.82, 2.24) is 9.55 Å². The number of amides is 1. The van der Waals surface area contributed by atoms with Crippen molar-refractivity contribution in [3.05, 3.63) is 48.5 Å². The van der Waals surface area contributed by atoms with Gasteiger partial charge in [0.1, 0.15) is 5.82 Å². The molecule has 3 N–H and O–H groups in total. The molecular formula is C19H23ClN4O. The number of aromatic nitrogens is 2. The number of nitrogens with zero attached hydrogens (tertiary/aromatic N) is 2. The Bertz CT molecular complexity index is 857. The van der Waals surface area contributed by atoms with Crippen LogP contribution in [0.15, 0.2) is 48.5 Å². The van der Waals surface area contributed by atoms with Gasteiger partial charge in [0.15, 0.2) is 0 Å². The molecule has 25 heavy (non-hydrogen) atoms. The molecule has 3 rings (SSSR count). The first-order chi connectivity index (χ1) is 11.6. The van der Waals surface area contributed by atoms with Gasteiger partial charge in [-0.2, -0.15) is 0 Å². The third-order valence-corrected chi connectivity index (χ3v) is 4.13. The predicted octanol–water partition coefficient (Wildman–Crippen LogP) is 3.73. The number of carbonyl (C=O) groups is 1. The number of hydrogen-bond donors (Lipinski definition) is 2. The summed E-state index contributed by atoms with van der Waals surface area (Å²) in [6.45, 7) is 2.01. The zero-order valence-electron chi connectivity index (χ0n) is 14.4. The van der Waals surface area contributed by atoms with Crippen LogP contribution in [-0.4, -0.2) is 21.5 Å². The topological polar surface area (TPSA) is 72.9 Å². The van der Waals surface area contributed by atoms with E-state index in [1.54, 1.807) is 0 Å². The van der Waals surface area contributed by atoms with Crippen LogP contribution in [0.4, 0.5) is 5.69 Å². The van der Waals surface area contributed by atoms with E-state index in [0.717, 1.165) is 34.5 Å². The minimum Gasteiger partial charge on any atom is -0.327 e.